The number of aliphatic carboxylic acids is 1. The maximum Gasteiger partial charge on any atom is 0.300 e. The van der Waals surface area contributed by atoms with Gasteiger partial charge in [0.15, 0.2) is 5.13 Å². The van der Waals surface area contributed by atoms with E-state index in [0.717, 1.165) is 36.9 Å². The Labute approximate surface area is 209 Å². The first-order chi connectivity index (χ1) is 16.6. The third-order valence-corrected chi connectivity index (χ3v) is 5.62. The van der Waals surface area contributed by atoms with E-state index in [0.29, 0.717) is 28.6 Å². The lowest BCUT2D eigenvalue weighted by molar-refractivity contribution is -0.134. The Kier molecular flexibility index (Phi) is 10.5. The summed E-state index contributed by atoms with van der Waals surface area (Å²) in [5.74, 6) is 0.139. The topological polar surface area (TPSA) is 138 Å². The van der Waals surface area contributed by atoms with E-state index in [1.54, 1.807) is 18.2 Å². The molecule has 3 aromatic rings. The predicted molar refractivity (Wildman–Crippen MR) is 139 cm³/mol. The van der Waals surface area contributed by atoms with Gasteiger partial charge in [-0.1, -0.05) is 24.7 Å². The number of aromatic nitrogens is 1. The third kappa shape index (κ3) is 8.91. The molecule has 5 N–H and O–H groups in total. The standard InChI is InChI=1S/C23H28N4O3S.C2H4O2/c1-4-5-15-14-16(6-11-19(15)28)20(29)21-22(24)26-23(31-21)25-17-7-9-18(10-8-17)30-13-12-27(2)3;1-2(3)4/h6-11,14,28H,4-5,12-13,24H2,1-3H3,(H,25,26);1H3,(H,3,4). The zero-order chi connectivity index (χ0) is 26.0. The molecule has 0 aliphatic heterocycles. The van der Waals surface area contributed by atoms with Crippen molar-refractivity contribution in [2.75, 3.05) is 38.3 Å². The number of anilines is 3. The Balaban J connectivity index is 0.00000100. The van der Waals surface area contributed by atoms with Crippen molar-refractivity contribution in [2.45, 2.75) is 26.7 Å². The average molecular weight is 501 g/mol. The van der Waals surface area contributed by atoms with Crippen molar-refractivity contribution < 1.29 is 24.5 Å². The number of hydrogen-bond acceptors (Lipinski definition) is 9. The second-order valence-corrected chi connectivity index (χ2v) is 8.98. The molecule has 0 aliphatic carbocycles. The summed E-state index contributed by atoms with van der Waals surface area (Å²) in [5, 5.41) is 21.1. The highest BCUT2D eigenvalue weighted by molar-refractivity contribution is 7.18. The van der Waals surface area contributed by atoms with Gasteiger partial charge in [0.05, 0.1) is 0 Å². The van der Waals surface area contributed by atoms with Crippen LogP contribution >= 0.6 is 11.3 Å². The fourth-order valence-electron chi connectivity index (χ4n) is 2.98. The summed E-state index contributed by atoms with van der Waals surface area (Å²) in [6.07, 6.45) is 1.58. The molecule has 0 aliphatic rings. The number of phenolic OH excluding ortho intramolecular Hbond substituents is 1. The molecule has 0 fully saturated rings. The van der Waals surface area contributed by atoms with Gasteiger partial charge in [0, 0.05) is 24.7 Å². The molecular formula is C25H32N4O5S. The number of carbonyl (C=O) groups excluding carboxylic acids is 1. The molecule has 1 heterocycles. The Hall–Kier alpha value is -3.63. The first-order valence-electron chi connectivity index (χ1n) is 11.1. The SMILES string of the molecule is CC(=O)O.CCCc1cc(C(=O)c2sc(Nc3ccc(OCCN(C)C)cc3)nc2N)ccc1O. The van der Waals surface area contributed by atoms with Gasteiger partial charge in [0.2, 0.25) is 5.78 Å². The molecular weight excluding hydrogens is 468 g/mol. The minimum absolute atomic E-state index is 0.186. The molecule has 0 saturated carbocycles. The second kappa shape index (κ2) is 13.3. The van der Waals surface area contributed by atoms with E-state index < -0.39 is 5.97 Å². The van der Waals surface area contributed by atoms with E-state index >= 15 is 0 Å². The molecule has 1 aromatic heterocycles. The summed E-state index contributed by atoms with van der Waals surface area (Å²) in [6, 6.07) is 12.4. The van der Waals surface area contributed by atoms with Crippen LogP contribution in [0.4, 0.5) is 16.6 Å². The van der Waals surface area contributed by atoms with Gasteiger partial charge in [0.25, 0.3) is 5.97 Å². The van der Waals surface area contributed by atoms with Crippen molar-refractivity contribution in [2.24, 2.45) is 0 Å². The van der Waals surface area contributed by atoms with Crippen LogP contribution in [0.5, 0.6) is 11.5 Å². The van der Waals surface area contributed by atoms with Crippen LogP contribution in [-0.2, 0) is 11.2 Å². The number of nitrogen functional groups attached to an aromatic ring is 1. The lowest BCUT2D eigenvalue weighted by atomic mass is 10.0. The number of nitrogens with two attached hydrogens (primary N) is 1. The number of nitrogens with zero attached hydrogens (tertiary/aromatic N) is 2. The van der Waals surface area contributed by atoms with Crippen molar-refractivity contribution in [3.63, 3.8) is 0 Å². The Morgan fingerprint density at radius 3 is 2.43 bits per heavy atom. The number of carboxylic acids is 1. The minimum atomic E-state index is -0.833. The van der Waals surface area contributed by atoms with Crippen LogP contribution in [0, 0.1) is 0 Å². The quantitative estimate of drug-likeness (QED) is 0.299. The van der Waals surface area contributed by atoms with Gasteiger partial charge in [-0.05, 0) is 68.5 Å². The average Bonchev–Trinajstić information content (AvgIpc) is 3.15. The number of phenols is 1. The number of likely N-dealkylation sites (N-methyl/N-ethyl adjacent to an activating group) is 1. The highest BCUT2D eigenvalue weighted by Crippen LogP contribution is 2.31. The summed E-state index contributed by atoms with van der Waals surface area (Å²) in [7, 11) is 4.00. The van der Waals surface area contributed by atoms with Crippen LogP contribution in [0.2, 0.25) is 0 Å². The van der Waals surface area contributed by atoms with Gasteiger partial charge in [-0.25, -0.2) is 4.98 Å². The zero-order valence-electron chi connectivity index (χ0n) is 20.4. The first-order valence-corrected chi connectivity index (χ1v) is 11.9. The van der Waals surface area contributed by atoms with Crippen LogP contribution in [-0.4, -0.2) is 59.1 Å². The van der Waals surface area contributed by atoms with Gasteiger partial charge in [-0.15, -0.1) is 0 Å². The summed E-state index contributed by atoms with van der Waals surface area (Å²) >= 11 is 1.21. The number of benzene rings is 2. The van der Waals surface area contributed by atoms with Crippen LogP contribution < -0.4 is 15.8 Å². The number of rotatable bonds is 10. The number of aryl methyl sites for hydroxylation is 1. The Morgan fingerprint density at radius 2 is 1.83 bits per heavy atom. The molecule has 10 heteroatoms. The Bertz CT molecular complexity index is 1130. The maximum absolute atomic E-state index is 13.0. The normalized spacial score (nSPS) is 10.4. The monoisotopic (exact) mass is 500 g/mol. The summed E-state index contributed by atoms with van der Waals surface area (Å²) in [5.41, 5.74) is 8.09. The largest absolute Gasteiger partial charge is 0.508 e. The van der Waals surface area contributed by atoms with E-state index in [2.05, 4.69) is 15.2 Å². The maximum atomic E-state index is 13.0. The highest BCUT2D eigenvalue weighted by Gasteiger charge is 2.19. The van der Waals surface area contributed by atoms with Crippen LogP contribution in [0.15, 0.2) is 42.5 Å². The van der Waals surface area contributed by atoms with Gasteiger partial charge in [-0.3, -0.25) is 9.59 Å². The van der Waals surface area contributed by atoms with Gasteiger partial charge >= 0.3 is 0 Å². The number of carbonyl (C=O) groups is 2. The summed E-state index contributed by atoms with van der Waals surface area (Å²) in [6.45, 7) is 4.57. The van der Waals surface area contributed by atoms with Crippen molar-refractivity contribution in [3.8, 4) is 11.5 Å². The lowest BCUT2D eigenvalue weighted by Gasteiger charge is -2.11. The molecule has 0 unspecified atom stereocenters. The molecule has 0 amide bonds. The van der Waals surface area contributed by atoms with Crippen molar-refractivity contribution in [1.29, 1.82) is 0 Å². The molecule has 0 spiro atoms. The van der Waals surface area contributed by atoms with E-state index in [4.69, 9.17) is 20.4 Å². The molecule has 35 heavy (non-hydrogen) atoms. The van der Waals surface area contributed by atoms with Crippen molar-refractivity contribution in [3.05, 3.63) is 58.5 Å². The van der Waals surface area contributed by atoms with Gasteiger partial charge in [0.1, 0.15) is 28.8 Å². The molecule has 0 saturated heterocycles. The number of hydrogen-bond donors (Lipinski definition) is 4. The smallest absolute Gasteiger partial charge is 0.300 e. The number of nitrogens with one attached hydrogen (secondary N) is 1. The van der Waals surface area contributed by atoms with Gasteiger partial charge in [-0.2, -0.15) is 0 Å². The van der Waals surface area contributed by atoms with Crippen molar-refractivity contribution >= 4 is 39.7 Å². The molecule has 3 rings (SSSR count). The van der Waals surface area contributed by atoms with Gasteiger partial charge < -0.3 is 30.9 Å². The van der Waals surface area contributed by atoms with Crippen LogP contribution in [0.3, 0.4) is 0 Å². The Morgan fingerprint density at radius 1 is 1.17 bits per heavy atom. The number of ether oxygens (including phenoxy) is 1. The number of ketones is 1. The number of aromatic hydroxyl groups is 1. The molecule has 0 radical (unpaired) electrons. The summed E-state index contributed by atoms with van der Waals surface area (Å²) < 4.78 is 5.70. The zero-order valence-corrected chi connectivity index (χ0v) is 21.2. The molecule has 188 valence electrons. The van der Waals surface area contributed by atoms with Crippen molar-refractivity contribution in [1.82, 2.24) is 9.88 Å². The number of carboxylic acid groups (broad SMARTS) is 1. The third-order valence-electron chi connectivity index (χ3n) is 4.63. The predicted octanol–water partition coefficient (Wildman–Crippen LogP) is 4.39. The van der Waals surface area contributed by atoms with E-state index in [-0.39, 0.29) is 17.4 Å². The van der Waals surface area contributed by atoms with E-state index in [1.165, 1.54) is 11.3 Å². The fourth-order valence-corrected chi connectivity index (χ4v) is 3.85. The first kappa shape index (κ1) is 27.6. The lowest BCUT2D eigenvalue weighted by Crippen LogP contribution is -2.19. The van der Waals surface area contributed by atoms with E-state index in [1.807, 2.05) is 45.3 Å². The summed E-state index contributed by atoms with van der Waals surface area (Å²) in [4.78, 5) is 28.7. The molecule has 2 aromatic carbocycles. The van der Waals surface area contributed by atoms with E-state index in [9.17, 15) is 9.90 Å². The van der Waals surface area contributed by atoms with Crippen LogP contribution in [0.1, 0.15) is 41.1 Å². The number of thiazole rings is 1. The molecule has 0 bridgehead atoms. The molecule has 9 nitrogen and oxygen atoms in total. The second-order valence-electron chi connectivity index (χ2n) is 7.98. The molecule has 0 atom stereocenters. The highest BCUT2D eigenvalue weighted by atomic mass is 32.1. The van der Waals surface area contributed by atoms with Crippen LogP contribution in [0.25, 0.3) is 0 Å². The minimum Gasteiger partial charge on any atom is -0.508 e. The fraction of sp³-hybridized carbons (Fsp3) is 0.320.